The molecule has 2 rings (SSSR count). The van der Waals surface area contributed by atoms with Crippen LogP contribution in [0.1, 0.15) is 28.5 Å². The minimum absolute atomic E-state index is 0.342. The van der Waals surface area contributed by atoms with Gasteiger partial charge in [0, 0.05) is 12.7 Å². The summed E-state index contributed by atoms with van der Waals surface area (Å²) < 4.78 is 4.90. The Bertz CT molecular complexity index is 377. The van der Waals surface area contributed by atoms with E-state index in [-0.39, 0.29) is 5.97 Å². The van der Waals surface area contributed by atoms with Gasteiger partial charge in [0.05, 0.1) is 6.61 Å². The maximum absolute atomic E-state index is 11.4. The Hall–Kier alpha value is -1.42. The molecule has 0 radical (unpaired) electrons. The Kier molecular flexibility index (Phi) is 2.97. The van der Waals surface area contributed by atoms with Crippen LogP contribution in [0.2, 0.25) is 0 Å². The average Bonchev–Trinajstić information content (AvgIpc) is 2.29. The van der Waals surface area contributed by atoms with Gasteiger partial charge >= 0.3 is 5.97 Å². The molecule has 15 heavy (non-hydrogen) atoms. The lowest BCUT2D eigenvalue weighted by molar-refractivity contribution is 0.0519. The molecule has 1 aliphatic heterocycles. The van der Waals surface area contributed by atoms with Crippen LogP contribution in [-0.2, 0) is 17.7 Å². The summed E-state index contributed by atoms with van der Waals surface area (Å²) in [6, 6.07) is 1.82. The van der Waals surface area contributed by atoms with E-state index in [0.717, 1.165) is 25.1 Å². The highest BCUT2D eigenvalue weighted by molar-refractivity contribution is 5.87. The van der Waals surface area contributed by atoms with Gasteiger partial charge in [-0.1, -0.05) is 0 Å². The normalized spacial score (nSPS) is 14.5. The average molecular weight is 206 g/mol. The summed E-state index contributed by atoms with van der Waals surface area (Å²) in [6.07, 6.45) is 2.76. The van der Waals surface area contributed by atoms with Gasteiger partial charge in [-0.05, 0) is 37.1 Å². The zero-order valence-electron chi connectivity index (χ0n) is 8.75. The predicted octanol–water partition coefficient (Wildman–Crippen LogP) is 0.904. The van der Waals surface area contributed by atoms with E-state index in [1.807, 2.05) is 6.07 Å². The lowest BCUT2D eigenvalue weighted by Crippen LogP contribution is -2.24. The number of pyridine rings is 1. The van der Waals surface area contributed by atoms with Gasteiger partial charge in [-0.15, -0.1) is 0 Å². The Labute approximate surface area is 88.7 Å². The number of aromatic nitrogens is 1. The molecular formula is C11H14N2O2. The summed E-state index contributed by atoms with van der Waals surface area (Å²) in [7, 11) is 0. The maximum Gasteiger partial charge on any atom is 0.356 e. The fourth-order valence-corrected chi connectivity index (χ4v) is 1.68. The van der Waals surface area contributed by atoms with Crippen molar-refractivity contribution in [2.45, 2.75) is 19.9 Å². The number of hydrogen-bond donors (Lipinski definition) is 1. The maximum atomic E-state index is 11.4. The van der Waals surface area contributed by atoms with E-state index < -0.39 is 0 Å². The van der Waals surface area contributed by atoms with E-state index in [1.165, 1.54) is 5.56 Å². The van der Waals surface area contributed by atoms with Crippen LogP contribution in [0.5, 0.6) is 0 Å². The fraction of sp³-hybridized carbons (Fsp3) is 0.455. The predicted molar refractivity (Wildman–Crippen MR) is 55.6 cm³/mol. The van der Waals surface area contributed by atoms with E-state index in [0.29, 0.717) is 12.3 Å². The highest BCUT2D eigenvalue weighted by Gasteiger charge is 2.14. The molecule has 0 fully saturated rings. The third-order valence-electron chi connectivity index (χ3n) is 2.45. The Morgan fingerprint density at radius 2 is 2.47 bits per heavy atom. The van der Waals surface area contributed by atoms with E-state index in [9.17, 15) is 4.79 Å². The summed E-state index contributed by atoms with van der Waals surface area (Å²) >= 11 is 0. The molecule has 0 unspecified atom stereocenters. The topological polar surface area (TPSA) is 51.2 Å². The standard InChI is InChI=1S/C11H14N2O2/c1-2-15-11(14)10-5-9-6-12-4-3-8(9)7-13-10/h5,7,12H,2-4,6H2,1H3. The van der Waals surface area contributed by atoms with Crippen LogP contribution in [0.15, 0.2) is 12.3 Å². The van der Waals surface area contributed by atoms with Crippen molar-refractivity contribution >= 4 is 5.97 Å². The van der Waals surface area contributed by atoms with Crippen molar-refractivity contribution in [3.05, 3.63) is 29.1 Å². The number of carbonyl (C=O) groups excluding carboxylic acids is 1. The number of fused-ring (bicyclic) bond motifs is 1. The minimum atomic E-state index is -0.342. The zero-order chi connectivity index (χ0) is 10.7. The highest BCUT2D eigenvalue weighted by atomic mass is 16.5. The van der Waals surface area contributed by atoms with E-state index in [1.54, 1.807) is 13.1 Å². The Balaban J connectivity index is 2.24. The number of nitrogens with one attached hydrogen (secondary N) is 1. The molecule has 0 saturated heterocycles. The molecule has 80 valence electrons. The van der Waals surface area contributed by atoms with E-state index >= 15 is 0 Å². The summed E-state index contributed by atoms with van der Waals surface area (Å²) in [5.41, 5.74) is 2.78. The Morgan fingerprint density at radius 1 is 1.60 bits per heavy atom. The number of esters is 1. The van der Waals surface area contributed by atoms with Gasteiger partial charge in [0.2, 0.25) is 0 Å². The van der Waals surface area contributed by atoms with Crippen molar-refractivity contribution in [3.63, 3.8) is 0 Å². The SMILES string of the molecule is CCOC(=O)c1cc2c(cn1)CCNC2. The first-order chi connectivity index (χ1) is 7.31. The lowest BCUT2D eigenvalue weighted by Gasteiger charge is -2.16. The number of carbonyl (C=O) groups is 1. The molecule has 0 saturated carbocycles. The summed E-state index contributed by atoms with van der Waals surface area (Å²) in [5, 5.41) is 3.26. The van der Waals surface area contributed by atoms with Gasteiger partial charge in [-0.3, -0.25) is 0 Å². The molecule has 0 amide bonds. The number of ether oxygens (including phenoxy) is 1. The summed E-state index contributed by atoms with van der Waals surface area (Å²) in [4.78, 5) is 15.5. The van der Waals surface area contributed by atoms with Crippen LogP contribution in [0, 0.1) is 0 Å². The van der Waals surface area contributed by atoms with Crippen LogP contribution in [0.4, 0.5) is 0 Å². The molecular weight excluding hydrogens is 192 g/mol. The summed E-state index contributed by atoms with van der Waals surface area (Å²) in [6.45, 7) is 3.96. The van der Waals surface area contributed by atoms with Crippen LogP contribution < -0.4 is 5.32 Å². The summed E-state index contributed by atoms with van der Waals surface area (Å²) in [5.74, 6) is -0.342. The molecule has 4 nitrogen and oxygen atoms in total. The van der Waals surface area contributed by atoms with Gasteiger partial charge in [0.15, 0.2) is 0 Å². The van der Waals surface area contributed by atoms with Gasteiger partial charge in [-0.2, -0.15) is 0 Å². The van der Waals surface area contributed by atoms with E-state index in [4.69, 9.17) is 4.74 Å². The van der Waals surface area contributed by atoms with Crippen LogP contribution in [0.3, 0.4) is 0 Å². The van der Waals surface area contributed by atoms with Crippen molar-refractivity contribution in [2.24, 2.45) is 0 Å². The Morgan fingerprint density at radius 3 is 3.27 bits per heavy atom. The largest absolute Gasteiger partial charge is 0.461 e. The molecule has 0 aromatic carbocycles. The fourth-order valence-electron chi connectivity index (χ4n) is 1.68. The van der Waals surface area contributed by atoms with Crippen molar-refractivity contribution in [3.8, 4) is 0 Å². The lowest BCUT2D eigenvalue weighted by atomic mass is 10.0. The molecule has 1 N–H and O–H groups in total. The molecule has 0 bridgehead atoms. The van der Waals surface area contributed by atoms with Crippen molar-refractivity contribution < 1.29 is 9.53 Å². The smallest absolute Gasteiger partial charge is 0.356 e. The molecule has 0 spiro atoms. The first-order valence-electron chi connectivity index (χ1n) is 5.17. The molecule has 2 heterocycles. The number of rotatable bonds is 2. The van der Waals surface area contributed by atoms with Gasteiger partial charge in [0.25, 0.3) is 0 Å². The second-order valence-corrected chi connectivity index (χ2v) is 3.49. The van der Waals surface area contributed by atoms with Crippen LogP contribution >= 0.6 is 0 Å². The molecule has 1 aliphatic rings. The monoisotopic (exact) mass is 206 g/mol. The van der Waals surface area contributed by atoms with Crippen LogP contribution in [-0.4, -0.2) is 24.1 Å². The van der Waals surface area contributed by atoms with Crippen molar-refractivity contribution in [1.29, 1.82) is 0 Å². The van der Waals surface area contributed by atoms with Gasteiger partial charge in [0.1, 0.15) is 5.69 Å². The quantitative estimate of drug-likeness (QED) is 0.730. The molecule has 1 aromatic heterocycles. The second-order valence-electron chi connectivity index (χ2n) is 3.49. The van der Waals surface area contributed by atoms with Crippen LogP contribution in [0.25, 0.3) is 0 Å². The first kappa shape index (κ1) is 10.1. The molecule has 1 aromatic rings. The van der Waals surface area contributed by atoms with Crippen molar-refractivity contribution in [2.75, 3.05) is 13.2 Å². The second kappa shape index (κ2) is 4.40. The molecule has 0 atom stereocenters. The van der Waals surface area contributed by atoms with Gasteiger partial charge < -0.3 is 10.1 Å². The molecule has 0 aliphatic carbocycles. The van der Waals surface area contributed by atoms with E-state index in [2.05, 4.69) is 10.3 Å². The molecule has 4 heteroatoms. The zero-order valence-corrected chi connectivity index (χ0v) is 8.75. The third kappa shape index (κ3) is 2.15. The third-order valence-corrected chi connectivity index (χ3v) is 2.45. The number of hydrogen-bond acceptors (Lipinski definition) is 4. The van der Waals surface area contributed by atoms with Crippen molar-refractivity contribution in [1.82, 2.24) is 10.3 Å². The first-order valence-corrected chi connectivity index (χ1v) is 5.17. The number of nitrogens with zero attached hydrogens (tertiary/aromatic N) is 1. The van der Waals surface area contributed by atoms with Gasteiger partial charge in [-0.25, -0.2) is 9.78 Å². The highest BCUT2D eigenvalue weighted by Crippen LogP contribution is 2.14. The minimum Gasteiger partial charge on any atom is -0.461 e.